The fraction of sp³-hybridized carbons (Fsp3) is 0.591. The number of morpholine rings is 1. The molecule has 0 unspecified atom stereocenters. The molecule has 4 rings (SSSR count). The van der Waals surface area contributed by atoms with Crippen molar-refractivity contribution in [1.82, 2.24) is 24.9 Å². The van der Waals surface area contributed by atoms with Crippen molar-refractivity contribution in [2.45, 2.75) is 45.3 Å². The lowest BCUT2D eigenvalue weighted by Crippen LogP contribution is -2.41. The zero-order chi connectivity index (χ0) is 23.4. The number of carboxylic acid groups (broad SMARTS) is 1. The number of hydrogen-bond donors (Lipinski definition) is 1. The fourth-order valence-electron chi connectivity index (χ4n) is 4.17. The number of rotatable bonds is 6. The number of hydrogen-bond acceptors (Lipinski definition) is 8. The van der Waals surface area contributed by atoms with Gasteiger partial charge in [-0.2, -0.15) is 0 Å². The molecule has 1 aliphatic carbocycles. The van der Waals surface area contributed by atoms with Gasteiger partial charge in [-0.3, -0.25) is 4.79 Å². The van der Waals surface area contributed by atoms with Crippen LogP contribution in [0.1, 0.15) is 37.1 Å². The minimum Gasteiger partial charge on any atom is -0.489 e. The molecule has 3 heterocycles. The summed E-state index contributed by atoms with van der Waals surface area (Å²) in [4.78, 5) is 29.9. The molecule has 2 atom stereocenters. The van der Waals surface area contributed by atoms with Gasteiger partial charge in [0.1, 0.15) is 23.7 Å². The number of nitrogens with zero attached hydrogens (tertiary/aromatic N) is 5. The lowest BCUT2D eigenvalue weighted by molar-refractivity contribution is -0.143. The summed E-state index contributed by atoms with van der Waals surface area (Å²) in [5, 5.41) is 17.6. The second-order valence-electron chi connectivity index (χ2n) is 8.38. The minimum absolute atomic E-state index is 0.0205. The predicted molar refractivity (Wildman–Crippen MR) is 116 cm³/mol. The van der Waals surface area contributed by atoms with Crippen LogP contribution >= 0.6 is 0 Å². The van der Waals surface area contributed by atoms with E-state index in [-0.39, 0.29) is 18.6 Å². The third-order valence-electron chi connectivity index (χ3n) is 6.09. The third-order valence-corrected chi connectivity index (χ3v) is 6.09. The highest BCUT2D eigenvalue weighted by Crippen LogP contribution is 2.30. The lowest BCUT2D eigenvalue weighted by Gasteiger charge is -2.27. The van der Waals surface area contributed by atoms with Crippen LogP contribution in [0.4, 0.5) is 4.79 Å². The number of aryl methyl sites for hydroxylation is 2. The molecule has 2 aromatic heterocycles. The van der Waals surface area contributed by atoms with Crippen LogP contribution in [-0.4, -0.2) is 74.5 Å². The molecule has 1 aliphatic heterocycles. The molecular formula is C22H29N5O6. The lowest BCUT2D eigenvalue weighted by atomic mass is 9.87. The zero-order valence-corrected chi connectivity index (χ0v) is 18.9. The summed E-state index contributed by atoms with van der Waals surface area (Å²) in [5.74, 6) is -0.504. The van der Waals surface area contributed by atoms with Gasteiger partial charge in [-0.15, -0.1) is 5.10 Å². The van der Waals surface area contributed by atoms with E-state index in [1.165, 1.54) is 0 Å². The number of carbonyl (C=O) groups is 2. The Bertz CT molecular complexity index is 1000. The molecule has 1 amide bonds. The molecule has 11 nitrogen and oxygen atoms in total. The summed E-state index contributed by atoms with van der Waals surface area (Å²) in [6.45, 7) is 3.88. The van der Waals surface area contributed by atoms with Crippen molar-refractivity contribution in [3.05, 3.63) is 23.5 Å². The summed E-state index contributed by atoms with van der Waals surface area (Å²) in [6.07, 6.45) is 2.31. The summed E-state index contributed by atoms with van der Waals surface area (Å²) in [7, 11) is 1.74. The molecule has 1 saturated carbocycles. The second-order valence-corrected chi connectivity index (χ2v) is 8.38. The van der Waals surface area contributed by atoms with Gasteiger partial charge in [0.15, 0.2) is 0 Å². The van der Waals surface area contributed by atoms with Crippen LogP contribution < -0.4 is 4.74 Å². The molecule has 0 bridgehead atoms. The third kappa shape index (κ3) is 5.41. The molecular weight excluding hydrogens is 430 g/mol. The smallest absolute Gasteiger partial charge is 0.410 e. The Balaban J connectivity index is 1.43. The first-order chi connectivity index (χ1) is 15.9. The summed E-state index contributed by atoms with van der Waals surface area (Å²) in [6, 6.07) is 3.61. The zero-order valence-electron chi connectivity index (χ0n) is 18.9. The van der Waals surface area contributed by atoms with Crippen LogP contribution in [0.3, 0.4) is 0 Å². The number of ether oxygens (including phenoxy) is 3. The van der Waals surface area contributed by atoms with Gasteiger partial charge in [-0.1, -0.05) is 5.21 Å². The maximum absolute atomic E-state index is 12.3. The maximum atomic E-state index is 12.3. The monoisotopic (exact) mass is 459 g/mol. The summed E-state index contributed by atoms with van der Waals surface area (Å²) < 4.78 is 18.4. The molecule has 11 heteroatoms. The average Bonchev–Trinajstić information content (AvgIpc) is 3.19. The van der Waals surface area contributed by atoms with E-state index in [0.29, 0.717) is 67.7 Å². The molecule has 178 valence electrons. The number of aromatic nitrogens is 4. The van der Waals surface area contributed by atoms with E-state index >= 15 is 0 Å². The van der Waals surface area contributed by atoms with Crippen LogP contribution in [0.5, 0.6) is 5.75 Å². The molecule has 1 N–H and O–H groups in total. The van der Waals surface area contributed by atoms with E-state index in [0.717, 1.165) is 12.8 Å². The van der Waals surface area contributed by atoms with Crippen molar-refractivity contribution in [3.63, 3.8) is 0 Å². The quantitative estimate of drug-likeness (QED) is 0.691. The maximum Gasteiger partial charge on any atom is 0.410 e. The van der Waals surface area contributed by atoms with E-state index in [4.69, 9.17) is 14.2 Å². The molecule has 33 heavy (non-hydrogen) atoms. The van der Waals surface area contributed by atoms with E-state index in [2.05, 4.69) is 15.3 Å². The van der Waals surface area contributed by atoms with Crippen molar-refractivity contribution in [2.75, 3.05) is 26.3 Å². The Kier molecular flexibility index (Phi) is 7.07. The van der Waals surface area contributed by atoms with Gasteiger partial charge >= 0.3 is 12.1 Å². The van der Waals surface area contributed by atoms with Gasteiger partial charge in [-0.05, 0) is 44.7 Å². The van der Waals surface area contributed by atoms with Crippen molar-refractivity contribution in [2.24, 2.45) is 13.0 Å². The van der Waals surface area contributed by atoms with Gasteiger partial charge in [0.05, 0.1) is 36.6 Å². The highest BCUT2D eigenvalue weighted by Gasteiger charge is 2.28. The standard InChI is InChI=1S/C22H29N5O6/c1-14-19(33-16-5-3-4-15(12-16)21(28)29)7-6-17(23-14)20-18(26(2)25-24-20)13-32-22(30)27-8-10-31-11-9-27/h6-7,15-16H,3-5,8-13H2,1-2H3,(H,28,29)/t15-,16-/m0/s1. The van der Waals surface area contributed by atoms with Gasteiger partial charge in [-0.25, -0.2) is 14.5 Å². The molecule has 1 saturated heterocycles. The second kappa shape index (κ2) is 10.2. The molecule has 0 aromatic carbocycles. The van der Waals surface area contributed by atoms with Crippen molar-refractivity contribution in [3.8, 4) is 17.1 Å². The van der Waals surface area contributed by atoms with Crippen molar-refractivity contribution in [1.29, 1.82) is 0 Å². The molecule has 2 aliphatic rings. The fourth-order valence-corrected chi connectivity index (χ4v) is 4.17. The van der Waals surface area contributed by atoms with E-state index in [9.17, 15) is 14.7 Å². The van der Waals surface area contributed by atoms with Gasteiger partial charge in [0.25, 0.3) is 0 Å². The predicted octanol–water partition coefficient (Wildman–Crippen LogP) is 2.18. The highest BCUT2D eigenvalue weighted by molar-refractivity contribution is 5.70. The van der Waals surface area contributed by atoms with Crippen molar-refractivity contribution >= 4 is 12.1 Å². The van der Waals surface area contributed by atoms with E-state index in [1.807, 2.05) is 13.0 Å². The summed E-state index contributed by atoms with van der Waals surface area (Å²) in [5.41, 5.74) is 2.43. The Labute approximate surface area is 191 Å². The van der Waals surface area contributed by atoms with Gasteiger partial charge in [0.2, 0.25) is 0 Å². The first-order valence-corrected chi connectivity index (χ1v) is 11.2. The van der Waals surface area contributed by atoms with Gasteiger partial charge < -0.3 is 24.2 Å². The Morgan fingerprint density at radius 2 is 2.03 bits per heavy atom. The molecule has 0 spiro atoms. The van der Waals surface area contributed by atoms with Crippen LogP contribution in [0.25, 0.3) is 11.4 Å². The minimum atomic E-state index is -0.766. The van der Waals surface area contributed by atoms with Crippen LogP contribution in [0.2, 0.25) is 0 Å². The number of amides is 1. The number of pyridine rings is 1. The van der Waals surface area contributed by atoms with E-state index in [1.54, 1.807) is 22.7 Å². The largest absolute Gasteiger partial charge is 0.489 e. The molecule has 2 aromatic rings. The first kappa shape index (κ1) is 23.0. The number of carboxylic acids is 1. The summed E-state index contributed by atoms with van der Waals surface area (Å²) >= 11 is 0. The highest BCUT2D eigenvalue weighted by atomic mass is 16.6. The Hall–Kier alpha value is -3.21. The topological polar surface area (TPSA) is 129 Å². The Morgan fingerprint density at radius 1 is 1.24 bits per heavy atom. The Morgan fingerprint density at radius 3 is 2.76 bits per heavy atom. The average molecular weight is 460 g/mol. The van der Waals surface area contributed by atoms with Crippen LogP contribution in [0.15, 0.2) is 12.1 Å². The SMILES string of the molecule is Cc1nc(-c2nnn(C)c2COC(=O)N2CCOCC2)ccc1O[C@H]1CCC[C@H](C(=O)O)C1. The first-order valence-electron chi connectivity index (χ1n) is 11.2. The van der Waals surface area contributed by atoms with E-state index < -0.39 is 12.1 Å². The van der Waals surface area contributed by atoms with Crippen molar-refractivity contribution < 1.29 is 28.9 Å². The molecule has 2 fully saturated rings. The van der Waals surface area contributed by atoms with Gasteiger partial charge in [0, 0.05) is 20.1 Å². The number of aliphatic carboxylic acids is 1. The number of carbonyl (C=O) groups excluding carboxylic acids is 1. The van der Waals surface area contributed by atoms with Crippen LogP contribution in [0, 0.1) is 12.8 Å². The molecule has 0 radical (unpaired) electrons. The van der Waals surface area contributed by atoms with Crippen LogP contribution in [-0.2, 0) is 27.9 Å². The normalized spacial score (nSPS) is 21.0.